The molecule has 21 heavy (non-hydrogen) atoms. The van der Waals surface area contributed by atoms with E-state index in [0.29, 0.717) is 11.1 Å². The monoisotopic (exact) mass is 288 g/mol. The van der Waals surface area contributed by atoms with Crippen molar-refractivity contribution >= 4 is 11.8 Å². The first-order chi connectivity index (χ1) is 10.1. The Morgan fingerprint density at radius 2 is 2.05 bits per heavy atom. The number of hydrogen-bond donors (Lipinski definition) is 0. The minimum absolute atomic E-state index is 0.00218. The zero-order valence-corrected chi connectivity index (χ0v) is 11.2. The van der Waals surface area contributed by atoms with Crippen LogP contribution in [0.5, 0.6) is 5.75 Å². The molecule has 0 aliphatic carbocycles. The number of rotatable bonds is 5. The van der Waals surface area contributed by atoms with E-state index in [1.807, 2.05) is 0 Å². The van der Waals surface area contributed by atoms with Gasteiger partial charge in [-0.05, 0) is 28.1 Å². The molecule has 0 aliphatic rings. The van der Waals surface area contributed by atoms with Gasteiger partial charge in [0.05, 0.1) is 12.7 Å². The van der Waals surface area contributed by atoms with Crippen molar-refractivity contribution in [2.75, 3.05) is 7.11 Å². The molecule has 1 heterocycles. The Labute approximate surface area is 120 Å². The van der Waals surface area contributed by atoms with Gasteiger partial charge >= 0.3 is 11.8 Å². The fourth-order valence-corrected chi connectivity index (χ4v) is 1.74. The summed E-state index contributed by atoms with van der Waals surface area (Å²) in [5, 5.41) is 10.8. The molecule has 0 N–H and O–H groups in total. The van der Waals surface area contributed by atoms with Gasteiger partial charge < -0.3 is 19.6 Å². The van der Waals surface area contributed by atoms with E-state index in [-0.39, 0.29) is 18.2 Å². The molecule has 0 saturated heterocycles. The molecule has 0 atom stereocenters. The van der Waals surface area contributed by atoms with Crippen LogP contribution in [0.4, 0.5) is 5.82 Å². The number of carbonyl (C=O) groups is 1. The van der Waals surface area contributed by atoms with Crippen molar-refractivity contribution in [1.29, 1.82) is 0 Å². The molecule has 0 fully saturated rings. The number of nitrogens with zero attached hydrogens (tertiary/aromatic N) is 2. The molecule has 7 nitrogen and oxygen atoms in total. The van der Waals surface area contributed by atoms with Crippen molar-refractivity contribution < 1.29 is 19.2 Å². The first-order valence-electron chi connectivity index (χ1n) is 6.02. The summed E-state index contributed by atoms with van der Waals surface area (Å²) in [4.78, 5) is 25.5. The number of nitro groups is 1. The van der Waals surface area contributed by atoms with Gasteiger partial charge in [-0.25, -0.2) is 4.79 Å². The predicted molar refractivity (Wildman–Crippen MR) is 73.0 cm³/mol. The third kappa shape index (κ3) is 3.33. The van der Waals surface area contributed by atoms with Crippen LogP contribution < -0.4 is 4.74 Å². The van der Waals surface area contributed by atoms with Crippen LogP contribution in [0.25, 0.3) is 0 Å². The SMILES string of the molecule is COC(=O)c1ccccc1COc1cccnc1[N+](=O)[O-]. The van der Waals surface area contributed by atoms with Crippen LogP contribution in [0.3, 0.4) is 0 Å². The van der Waals surface area contributed by atoms with Crippen molar-refractivity contribution in [3.63, 3.8) is 0 Å². The minimum atomic E-state index is -0.623. The smallest absolute Gasteiger partial charge is 0.406 e. The highest BCUT2D eigenvalue weighted by molar-refractivity contribution is 5.90. The van der Waals surface area contributed by atoms with Crippen molar-refractivity contribution in [2.24, 2.45) is 0 Å². The zero-order valence-electron chi connectivity index (χ0n) is 11.2. The number of aromatic nitrogens is 1. The number of hydrogen-bond acceptors (Lipinski definition) is 6. The second kappa shape index (κ2) is 6.47. The molecule has 7 heteroatoms. The Hall–Kier alpha value is -2.96. The fraction of sp³-hybridized carbons (Fsp3) is 0.143. The van der Waals surface area contributed by atoms with Gasteiger partial charge in [0.2, 0.25) is 5.75 Å². The fourth-order valence-electron chi connectivity index (χ4n) is 1.74. The molecule has 0 bridgehead atoms. The molecule has 1 aromatic carbocycles. The van der Waals surface area contributed by atoms with E-state index in [9.17, 15) is 14.9 Å². The Bertz CT molecular complexity index is 672. The lowest BCUT2D eigenvalue weighted by molar-refractivity contribution is -0.390. The molecule has 108 valence electrons. The molecule has 0 aliphatic heterocycles. The van der Waals surface area contributed by atoms with E-state index in [2.05, 4.69) is 9.72 Å². The van der Waals surface area contributed by atoms with Crippen LogP contribution >= 0.6 is 0 Å². The van der Waals surface area contributed by atoms with Gasteiger partial charge in [0.1, 0.15) is 12.8 Å². The highest BCUT2D eigenvalue weighted by atomic mass is 16.6. The van der Waals surface area contributed by atoms with E-state index in [1.54, 1.807) is 24.3 Å². The van der Waals surface area contributed by atoms with Gasteiger partial charge in [-0.3, -0.25) is 0 Å². The van der Waals surface area contributed by atoms with Gasteiger partial charge in [-0.15, -0.1) is 0 Å². The topological polar surface area (TPSA) is 91.6 Å². The Kier molecular flexibility index (Phi) is 4.45. The quantitative estimate of drug-likeness (QED) is 0.476. The Morgan fingerprint density at radius 3 is 2.76 bits per heavy atom. The van der Waals surface area contributed by atoms with Crippen LogP contribution in [0.1, 0.15) is 15.9 Å². The third-order valence-electron chi connectivity index (χ3n) is 2.73. The van der Waals surface area contributed by atoms with Crippen molar-refractivity contribution in [3.8, 4) is 5.75 Å². The van der Waals surface area contributed by atoms with E-state index < -0.39 is 10.9 Å². The van der Waals surface area contributed by atoms with Gasteiger partial charge in [0.25, 0.3) is 0 Å². The van der Waals surface area contributed by atoms with Gasteiger partial charge in [-0.1, -0.05) is 18.2 Å². The zero-order chi connectivity index (χ0) is 15.2. The molecule has 0 spiro atoms. The third-order valence-corrected chi connectivity index (χ3v) is 2.73. The molecule has 1 aromatic heterocycles. The summed E-state index contributed by atoms with van der Waals surface area (Å²) in [6.07, 6.45) is 1.31. The summed E-state index contributed by atoms with van der Waals surface area (Å²) in [7, 11) is 1.28. The summed E-state index contributed by atoms with van der Waals surface area (Å²) >= 11 is 0. The minimum Gasteiger partial charge on any atom is -0.481 e. The lowest BCUT2D eigenvalue weighted by Gasteiger charge is -2.09. The van der Waals surface area contributed by atoms with E-state index in [0.717, 1.165) is 0 Å². The lowest BCUT2D eigenvalue weighted by Crippen LogP contribution is -2.08. The van der Waals surface area contributed by atoms with Crippen LogP contribution in [-0.2, 0) is 11.3 Å². The Morgan fingerprint density at radius 1 is 1.29 bits per heavy atom. The number of ether oxygens (including phenoxy) is 2. The normalized spacial score (nSPS) is 9.95. The molecular weight excluding hydrogens is 276 g/mol. The number of esters is 1. The Balaban J connectivity index is 2.21. The average Bonchev–Trinajstić information content (AvgIpc) is 2.52. The maximum absolute atomic E-state index is 11.6. The van der Waals surface area contributed by atoms with Crippen LogP contribution in [0, 0.1) is 10.1 Å². The lowest BCUT2D eigenvalue weighted by atomic mass is 10.1. The van der Waals surface area contributed by atoms with Crippen molar-refractivity contribution in [3.05, 3.63) is 63.8 Å². The number of pyridine rings is 1. The highest BCUT2D eigenvalue weighted by Crippen LogP contribution is 2.24. The maximum Gasteiger partial charge on any atom is 0.406 e. The summed E-state index contributed by atoms with van der Waals surface area (Å²) in [6.45, 7) is -0.00218. The van der Waals surface area contributed by atoms with Gasteiger partial charge in [0, 0.05) is 5.56 Å². The van der Waals surface area contributed by atoms with E-state index >= 15 is 0 Å². The summed E-state index contributed by atoms with van der Waals surface area (Å²) in [5.74, 6) is -0.815. The van der Waals surface area contributed by atoms with Crippen LogP contribution in [-0.4, -0.2) is 23.0 Å². The van der Waals surface area contributed by atoms with Gasteiger partial charge in [-0.2, -0.15) is 0 Å². The molecule has 2 aromatic rings. The molecule has 0 unspecified atom stereocenters. The molecule has 0 saturated carbocycles. The summed E-state index contributed by atoms with van der Waals surface area (Å²) in [6, 6.07) is 9.71. The second-order valence-corrected chi connectivity index (χ2v) is 4.02. The molecule has 0 radical (unpaired) electrons. The van der Waals surface area contributed by atoms with Crippen LogP contribution in [0.2, 0.25) is 0 Å². The van der Waals surface area contributed by atoms with E-state index in [1.165, 1.54) is 25.4 Å². The largest absolute Gasteiger partial charge is 0.481 e. The highest BCUT2D eigenvalue weighted by Gasteiger charge is 2.17. The molecular formula is C14H12N2O5. The summed E-state index contributed by atoms with van der Waals surface area (Å²) < 4.78 is 10.1. The van der Waals surface area contributed by atoms with Crippen LogP contribution in [0.15, 0.2) is 42.6 Å². The van der Waals surface area contributed by atoms with Gasteiger partial charge in [0.15, 0.2) is 0 Å². The number of methoxy groups -OCH3 is 1. The van der Waals surface area contributed by atoms with Crippen molar-refractivity contribution in [2.45, 2.75) is 6.61 Å². The number of benzene rings is 1. The predicted octanol–water partition coefficient (Wildman–Crippen LogP) is 2.36. The summed E-state index contributed by atoms with van der Waals surface area (Å²) in [5.41, 5.74) is 0.925. The van der Waals surface area contributed by atoms with E-state index in [4.69, 9.17) is 4.74 Å². The first-order valence-corrected chi connectivity index (χ1v) is 6.02. The second-order valence-electron chi connectivity index (χ2n) is 4.02. The number of carbonyl (C=O) groups excluding carboxylic acids is 1. The maximum atomic E-state index is 11.6. The molecule has 0 amide bonds. The average molecular weight is 288 g/mol. The first kappa shape index (κ1) is 14.4. The van der Waals surface area contributed by atoms with Crippen molar-refractivity contribution in [1.82, 2.24) is 4.98 Å². The molecule has 2 rings (SSSR count). The standard InChI is InChI=1S/C14H12N2O5/c1-20-14(17)11-6-3-2-5-10(11)9-21-12-7-4-8-15-13(12)16(18)19/h2-8H,9H2,1H3.